The van der Waals surface area contributed by atoms with Crippen LogP contribution in [0.1, 0.15) is 38.7 Å². The summed E-state index contributed by atoms with van der Waals surface area (Å²) in [6.45, 7) is 4.97. The van der Waals surface area contributed by atoms with E-state index in [1.807, 2.05) is 12.1 Å². The summed E-state index contributed by atoms with van der Waals surface area (Å²) in [4.78, 5) is 0. The van der Waals surface area contributed by atoms with E-state index in [0.29, 0.717) is 5.75 Å². The first kappa shape index (κ1) is 11.9. The molecule has 1 aromatic carbocycles. The number of benzene rings is 1. The molecular formula is C13H20O2. The van der Waals surface area contributed by atoms with Gasteiger partial charge in [0.25, 0.3) is 0 Å². The van der Waals surface area contributed by atoms with Crippen molar-refractivity contribution in [2.45, 2.75) is 39.5 Å². The van der Waals surface area contributed by atoms with E-state index < -0.39 is 0 Å². The Kier molecular flexibility index (Phi) is 5.02. The molecule has 1 rings (SSSR count). The van der Waals surface area contributed by atoms with Crippen LogP contribution in [-0.2, 0) is 6.42 Å². The lowest BCUT2D eigenvalue weighted by atomic mass is 10.1. The first-order valence-electron chi connectivity index (χ1n) is 5.73. The Labute approximate surface area is 91.9 Å². The predicted molar refractivity (Wildman–Crippen MR) is 62.5 cm³/mol. The average molecular weight is 208 g/mol. The van der Waals surface area contributed by atoms with Crippen LogP contribution in [0.3, 0.4) is 0 Å². The van der Waals surface area contributed by atoms with Crippen LogP contribution in [0.15, 0.2) is 18.2 Å². The maximum atomic E-state index is 9.70. The third-order valence-corrected chi connectivity index (χ3v) is 2.36. The van der Waals surface area contributed by atoms with Crippen molar-refractivity contribution in [3.63, 3.8) is 0 Å². The topological polar surface area (TPSA) is 29.5 Å². The number of rotatable bonds is 6. The summed E-state index contributed by atoms with van der Waals surface area (Å²) in [6, 6.07) is 5.48. The number of phenols is 1. The van der Waals surface area contributed by atoms with Crippen molar-refractivity contribution in [1.29, 1.82) is 0 Å². The quantitative estimate of drug-likeness (QED) is 0.725. The molecule has 2 nitrogen and oxygen atoms in total. The average Bonchev–Trinajstić information content (AvgIpc) is 2.23. The Morgan fingerprint density at radius 2 is 2.00 bits per heavy atom. The molecule has 0 saturated carbocycles. The van der Waals surface area contributed by atoms with Gasteiger partial charge >= 0.3 is 0 Å². The van der Waals surface area contributed by atoms with Gasteiger partial charge in [-0.05, 0) is 25.0 Å². The Hall–Kier alpha value is -1.18. The highest BCUT2D eigenvalue weighted by Gasteiger charge is 2.07. The lowest BCUT2D eigenvalue weighted by molar-refractivity contribution is 0.303. The van der Waals surface area contributed by atoms with Crippen molar-refractivity contribution in [3.05, 3.63) is 23.8 Å². The fourth-order valence-corrected chi connectivity index (χ4v) is 1.52. The van der Waals surface area contributed by atoms with Crippen molar-refractivity contribution < 1.29 is 9.84 Å². The minimum absolute atomic E-state index is 0.353. The first-order chi connectivity index (χ1) is 7.29. The summed E-state index contributed by atoms with van der Waals surface area (Å²) in [5.41, 5.74) is 0.941. The van der Waals surface area contributed by atoms with E-state index in [9.17, 15) is 5.11 Å². The van der Waals surface area contributed by atoms with Gasteiger partial charge in [0.05, 0.1) is 6.61 Å². The van der Waals surface area contributed by atoms with Crippen LogP contribution in [0.25, 0.3) is 0 Å². The van der Waals surface area contributed by atoms with Gasteiger partial charge in [-0.25, -0.2) is 0 Å². The van der Waals surface area contributed by atoms with Gasteiger partial charge in [-0.2, -0.15) is 0 Å². The zero-order chi connectivity index (χ0) is 11.1. The molecule has 0 heterocycles. The molecular weight excluding hydrogens is 188 g/mol. The number of phenolic OH excluding ortho intramolecular Hbond substituents is 1. The maximum absolute atomic E-state index is 9.70. The van der Waals surface area contributed by atoms with E-state index in [4.69, 9.17) is 4.74 Å². The second-order valence-electron chi connectivity index (χ2n) is 3.71. The third-order valence-electron chi connectivity index (χ3n) is 2.36. The van der Waals surface area contributed by atoms with Crippen LogP contribution in [-0.4, -0.2) is 11.7 Å². The molecule has 0 aliphatic carbocycles. The van der Waals surface area contributed by atoms with Crippen molar-refractivity contribution in [1.82, 2.24) is 0 Å². The van der Waals surface area contributed by atoms with Gasteiger partial charge in [0.2, 0.25) is 0 Å². The first-order valence-corrected chi connectivity index (χ1v) is 5.73. The minimum Gasteiger partial charge on any atom is -0.508 e. The monoisotopic (exact) mass is 208 g/mol. The van der Waals surface area contributed by atoms with E-state index in [2.05, 4.69) is 13.8 Å². The Morgan fingerprint density at radius 3 is 2.67 bits per heavy atom. The number of hydrogen-bond donors (Lipinski definition) is 1. The zero-order valence-corrected chi connectivity index (χ0v) is 9.62. The number of ether oxygens (including phenoxy) is 1. The number of aromatic hydroxyl groups is 1. The van der Waals surface area contributed by atoms with E-state index in [0.717, 1.165) is 43.6 Å². The fraction of sp³-hybridized carbons (Fsp3) is 0.538. The standard InChI is InChI=1S/C13H20O2/c1-3-5-10-15-13-9-6-8-12(14)11(13)7-4-2/h6,8-9,14H,3-5,7,10H2,1-2H3. The van der Waals surface area contributed by atoms with Gasteiger partial charge in [0.1, 0.15) is 11.5 Å². The third kappa shape index (κ3) is 3.46. The molecule has 84 valence electrons. The van der Waals surface area contributed by atoms with Crippen LogP contribution in [0.2, 0.25) is 0 Å². The predicted octanol–water partition coefficient (Wildman–Crippen LogP) is 3.52. The molecule has 0 unspecified atom stereocenters. The largest absolute Gasteiger partial charge is 0.508 e. The summed E-state index contributed by atoms with van der Waals surface area (Å²) in [6.07, 6.45) is 4.07. The van der Waals surface area contributed by atoms with Crippen molar-refractivity contribution in [2.24, 2.45) is 0 Å². The summed E-state index contributed by atoms with van der Waals surface area (Å²) in [7, 11) is 0. The molecule has 2 heteroatoms. The van der Waals surface area contributed by atoms with Gasteiger partial charge < -0.3 is 9.84 Å². The highest BCUT2D eigenvalue weighted by Crippen LogP contribution is 2.28. The summed E-state index contributed by atoms with van der Waals surface area (Å²) in [5, 5.41) is 9.70. The Morgan fingerprint density at radius 1 is 1.20 bits per heavy atom. The second-order valence-corrected chi connectivity index (χ2v) is 3.71. The molecule has 1 aromatic rings. The lowest BCUT2D eigenvalue weighted by Gasteiger charge is -2.11. The molecule has 0 saturated heterocycles. The van der Waals surface area contributed by atoms with Gasteiger partial charge in [-0.3, -0.25) is 0 Å². The molecule has 0 aliphatic rings. The molecule has 0 bridgehead atoms. The summed E-state index contributed by atoms with van der Waals surface area (Å²) < 4.78 is 5.65. The van der Waals surface area contributed by atoms with Crippen molar-refractivity contribution >= 4 is 0 Å². The summed E-state index contributed by atoms with van der Waals surface area (Å²) in [5.74, 6) is 1.19. The second kappa shape index (κ2) is 6.33. The fourth-order valence-electron chi connectivity index (χ4n) is 1.52. The minimum atomic E-state index is 0.353. The smallest absolute Gasteiger partial charge is 0.126 e. The molecule has 0 aromatic heterocycles. The molecule has 0 aliphatic heterocycles. The van der Waals surface area contributed by atoms with E-state index in [-0.39, 0.29) is 0 Å². The van der Waals surface area contributed by atoms with E-state index in [1.54, 1.807) is 6.07 Å². The van der Waals surface area contributed by atoms with Crippen molar-refractivity contribution in [2.75, 3.05) is 6.61 Å². The van der Waals surface area contributed by atoms with Gasteiger partial charge in [-0.15, -0.1) is 0 Å². The Balaban J connectivity index is 2.71. The molecule has 0 amide bonds. The number of hydrogen-bond acceptors (Lipinski definition) is 2. The van der Waals surface area contributed by atoms with Gasteiger partial charge in [0, 0.05) is 5.56 Å². The summed E-state index contributed by atoms with van der Waals surface area (Å²) >= 11 is 0. The van der Waals surface area contributed by atoms with Crippen LogP contribution in [0.4, 0.5) is 0 Å². The molecule has 0 spiro atoms. The zero-order valence-electron chi connectivity index (χ0n) is 9.62. The highest BCUT2D eigenvalue weighted by molar-refractivity contribution is 5.43. The van der Waals surface area contributed by atoms with E-state index >= 15 is 0 Å². The Bertz CT molecular complexity index is 295. The number of unbranched alkanes of at least 4 members (excludes halogenated alkanes) is 1. The molecule has 15 heavy (non-hydrogen) atoms. The van der Waals surface area contributed by atoms with Gasteiger partial charge in [-0.1, -0.05) is 32.8 Å². The molecule has 0 atom stereocenters. The van der Waals surface area contributed by atoms with Crippen LogP contribution >= 0.6 is 0 Å². The lowest BCUT2D eigenvalue weighted by Crippen LogP contribution is -2.00. The van der Waals surface area contributed by atoms with Gasteiger partial charge in [0.15, 0.2) is 0 Å². The highest BCUT2D eigenvalue weighted by atomic mass is 16.5. The van der Waals surface area contributed by atoms with Crippen LogP contribution < -0.4 is 4.74 Å². The normalized spacial score (nSPS) is 10.3. The molecule has 1 N–H and O–H groups in total. The maximum Gasteiger partial charge on any atom is 0.126 e. The molecule has 0 radical (unpaired) electrons. The van der Waals surface area contributed by atoms with Crippen molar-refractivity contribution in [3.8, 4) is 11.5 Å². The van der Waals surface area contributed by atoms with Crippen LogP contribution in [0, 0.1) is 0 Å². The van der Waals surface area contributed by atoms with Crippen LogP contribution in [0.5, 0.6) is 11.5 Å². The van der Waals surface area contributed by atoms with E-state index in [1.165, 1.54) is 0 Å². The molecule has 0 fully saturated rings. The SMILES string of the molecule is CCCCOc1cccc(O)c1CCC.